The zero-order valence-corrected chi connectivity index (χ0v) is 38.4. The molecule has 1 aliphatic heterocycles. The normalized spacial score (nSPS) is 15.3. The molecule has 0 aliphatic carbocycles. The Bertz CT molecular complexity index is 754. The molecule has 0 aromatic carbocycles. The fraction of sp³-hybridized carbons (Fsp3) is 0.980. The van der Waals surface area contributed by atoms with Crippen LogP contribution in [0.1, 0.15) is 234 Å². The van der Waals surface area contributed by atoms with Crippen molar-refractivity contribution in [3.63, 3.8) is 0 Å². The van der Waals surface area contributed by atoms with E-state index in [2.05, 4.69) is 32.6 Å². The van der Waals surface area contributed by atoms with Gasteiger partial charge < -0.3 is 28.6 Å². The molecule has 334 valence electrons. The number of ether oxygens (including phenoxy) is 5. The second-order valence-corrected chi connectivity index (χ2v) is 17.4. The predicted molar refractivity (Wildman–Crippen MR) is 237 cm³/mol. The second kappa shape index (κ2) is 39.7. The summed E-state index contributed by atoms with van der Waals surface area (Å²) < 4.78 is 30.3. The summed E-state index contributed by atoms with van der Waals surface area (Å²) in [5.41, 5.74) is 0. The van der Waals surface area contributed by atoms with Crippen LogP contribution in [0.4, 0.5) is 0 Å². The van der Waals surface area contributed by atoms with Gasteiger partial charge >= 0.3 is 5.97 Å². The van der Waals surface area contributed by atoms with Crippen molar-refractivity contribution in [1.29, 1.82) is 0 Å². The first-order valence-corrected chi connectivity index (χ1v) is 24.8. The molecule has 0 N–H and O–H groups in total. The van der Waals surface area contributed by atoms with Gasteiger partial charge in [-0.25, -0.2) is 0 Å². The molecule has 1 aliphatic rings. The highest BCUT2D eigenvalue weighted by molar-refractivity contribution is 5.69. The SMILES string of the molecule is CCCCCC(CCCCC)CCOC(C)OCCCCCC(CCCCCOC(C)OCCC(CCCCC)CCCCC)OC(=O)CCCN1CCCC1. The van der Waals surface area contributed by atoms with E-state index >= 15 is 0 Å². The third kappa shape index (κ3) is 33.1. The van der Waals surface area contributed by atoms with Gasteiger partial charge in [-0.15, -0.1) is 0 Å². The van der Waals surface area contributed by atoms with E-state index in [0.29, 0.717) is 6.42 Å². The van der Waals surface area contributed by atoms with Gasteiger partial charge in [0.1, 0.15) is 6.10 Å². The van der Waals surface area contributed by atoms with E-state index in [-0.39, 0.29) is 24.7 Å². The number of unbranched alkanes of at least 4 members (excludes halogenated alkanes) is 12. The summed E-state index contributed by atoms with van der Waals surface area (Å²) in [6.07, 6.45) is 35.5. The van der Waals surface area contributed by atoms with Crippen molar-refractivity contribution in [2.45, 2.75) is 253 Å². The Morgan fingerprint density at radius 3 is 1.27 bits per heavy atom. The van der Waals surface area contributed by atoms with Crippen LogP contribution in [0.5, 0.6) is 0 Å². The second-order valence-electron chi connectivity index (χ2n) is 17.4. The summed E-state index contributed by atoms with van der Waals surface area (Å²) in [4.78, 5) is 15.3. The van der Waals surface area contributed by atoms with Crippen molar-refractivity contribution >= 4 is 5.97 Å². The molecule has 0 spiro atoms. The molecule has 1 heterocycles. The lowest BCUT2D eigenvalue weighted by Gasteiger charge is -2.20. The molecule has 1 rings (SSSR count). The van der Waals surface area contributed by atoms with Gasteiger partial charge in [0, 0.05) is 32.8 Å². The Labute approximate surface area is 349 Å². The lowest BCUT2D eigenvalue weighted by molar-refractivity contribution is -0.150. The standard InChI is InChI=1S/C49H97NO6/c1-7-11-17-28-46(29-18-12-8-2)35-42-54-44(5)52-40-25-15-21-32-48(56-49(51)34-27-39-50-37-23-24-38-50)33-22-16-26-41-53-45(6)55-43-36-47(30-19-13-9-3)31-20-14-10-4/h44-48H,7-43H2,1-6H3. The van der Waals surface area contributed by atoms with Gasteiger partial charge in [-0.3, -0.25) is 4.79 Å². The largest absolute Gasteiger partial charge is 0.462 e. The molecule has 0 aromatic rings. The van der Waals surface area contributed by atoms with E-state index in [1.54, 1.807) is 0 Å². The molecule has 2 atom stereocenters. The Hall–Kier alpha value is -0.730. The minimum Gasteiger partial charge on any atom is -0.462 e. The number of carbonyl (C=O) groups excluding carboxylic acids is 1. The fourth-order valence-electron chi connectivity index (χ4n) is 8.26. The Balaban J connectivity index is 2.34. The molecule has 56 heavy (non-hydrogen) atoms. The molecule has 0 aromatic heterocycles. The minimum absolute atomic E-state index is 0.00540. The van der Waals surface area contributed by atoms with Gasteiger partial charge in [-0.2, -0.15) is 0 Å². The number of hydrogen-bond acceptors (Lipinski definition) is 7. The van der Waals surface area contributed by atoms with Crippen LogP contribution in [0.15, 0.2) is 0 Å². The maximum atomic E-state index is 12.9. The molecule has 2 unspecified atom stereocenters. The average molecular weight is 796 g/mol. The van der Waals surface area contributed by atoms with Crippen molar-refractivity contribution in [2.75, 3.05) is 46.1 Å². The minimum atomic E-state index is -0.150. The van der Waals surface area contributed by atoms with Crippen molar-refractivity contribution in [3.8, 4) is 0 Å². The van der Waals surface area contributed by atoms with Crippen LogP contribution < -0.4 is 0 Å². The zero-order chi connectivity index (χ0) is 40.7. The van der Waals surface area contributed by atoms with Crippen LogP contribution in [0.2, 0.25) is 0 Å². The monoisotopic (exact) mass is 796 g/mol. The van der Waals surface area contributed by atoms with E-state index in [9.17, 15) is 4.79 Å². The van der Waals surface area contributed by atoms with Crippen LogP contribution in [0, 0.1) is 11.8 Å². The summed E-state index contributed by atoms with van der Waals surface area (Å²) in [5, 5.41) is 0. The van der Waals surface area contributed by atoms with Crippen LogP contribution in [0.25, 0.3) is 0 Å². The third-order valence-electron chi connectivity index (χ3n) is 12.0. The number of likely N-dealkylation sites (tertiary alicyclic amines) is 1. The lowest BCUT2D eigenvalue weighted by Crippen LogP contribution is -2.23. The summed E-state index contributed by atoms with van der Waals surface area (Å²) in [6, 6.07) is 0. The fourth-order valence-corrected chi connectivity index (χ4v) is 8.26. The maximum absolute atomic E-state index is 12.9. The number of nitrogens with zero attached hydrogens (tertiary/aromatic N) is 1. The van der Waals surface area contributed by atoms with Crippen molar-refractivity contribution in [3.05, 3.63) is 0 Å². The Kier molecular flexibility index (Phi) is 37.8. The highest BCUT2D eigenvalue weighted by atomic mass is 16.7. The van der Waals surface area contributed by atoms with Crippen LogP contribution in [-0.2, 0) is 28.5 Å². The predicted octanol–water partition coefficient (Wildman–Crippen LogP) is 14.0. The summed E-state index contributed by atoms with van der Waals surface area (Å²) in [7, 11) is 0. The molecule has 0 radical (unpaired) electrons. The highest BCUT2D eigenvalue weighted by Crippen LogP contribution is 2.23. The molecule has 0 amide bonds. The number of carbonyl (C=O) groups is 1. The van der Waals surface area contributed by atoms with E-state index < -0.39 is 0 Å². The van der Waals surface area contributed by atoms with Gasteiger partial charge in [0.05, 0.1) is 0 Å². The first kappa shape index (κ1) is 53.3. The molecule has 0 bridgehead atoms. The average Bonchev–Trinajstić information content (AvgIpc) is 3.71. The lowest BCUT2D eigenvalue weighted by atomic mass is 9.92. The smallest absolute Gasteiger partial charge is 0.306 e. The first-order valence-electron chi connectivity index (χ1n) is 24.8. The molecular formula is C49H97NO6. The van der Waals surface area contributed by atoms with Gasteiger partial charge in [0.2, 0.25) is 0 Å². The van der Waals surface area contributed by atoms with Crippen LogP contribution in [-0.4, -0.2) is 75.6 Å². The van der Waals surface area contributed by atoms with Gasteiger partial charge in [0.15, 0.2) is 12.6 Å². The number of rotatable bonds is 43. The molecule has 7 nitrogen and oxygen atoms in total. The van der Waals surface area contributed by atoms with Gasteiger partial charge in [0.25, 0.3) is 0 Å². The molecule has 1 fully saturated rings. The highest BCUT2D eigenvalue weighted by Gasteiger charge is 2.17. The van der Waals surface area contributed by atoms with Crippen molar-refractivity contribution < 1.29 is 28.5 Å². The molecule has 1 saturated heterocycles. The van der Waals surface area contributed by atoms with Gasteiger partial charge in [-0.1, -0.05) is 143 Å². The molecule has 7 heteroatoms. The van der Waals surface area contributed by atoms with Crippen LogP contribution >= 0.6 is 0 Å². The molecular weight excluding hydrogens is 699 g/mol. The van der Waals surface area contributed by atoms with E-state index in [1.165, 1.54) is 129 Å². The number of hydrogen-bond donors (Lipinski definition) is 0. The van der Waals surface area contributed by atoms with E-state index in [1.807, 2.05) is 13.8 Å². The maximum Gasteiger partial charge on any atom is 0.306 e. The first-order chi connectivity index (χ1) is 27.4. The van der Waals surface area contributed by atoms with Gasteiger partial charge in [-0.05, 0) is 116 Å². The Morgan fingerprint density at radius 1 is 0.464 bits per heavy atom. The summed E-state index contributed by atoms with van der Waals surface area (Å²) in [6.45, 7) is 19.7. The molecule has 0 saturated carbocycles. The topological polar surface area (TPSA) is 66.5 Å². The van der Waals surface area contributed by atoms with Crippen molar-refractivity contribution in [1.82, 2.24) is 4.90 Å². The quantitative estimate of drug-likeness (QED) is 0.0346. The summed E-state index contributed by atoms with van der Waals surface area (Å²) >= 11 is 0. The zero-order valence-electron chi connectivity index (χ0n) is 38.4. The third-order valence-corrected chi connectivity index (χ3v) is 12.0. The van der Waals surface area contributed by atoms with E-state index in [4.69, 9.17) is 23.7 Å². The van der Waals surface area contributed by atoms with Crippen molar-refractivity contribution in [2.24, 2.45) is 11.8 Å². The van der Waals surface area contributed by atoms with E-state index in [0.717, 1.165) is 115 Å². The van der Waals surface area contributed by atoms with Crippen LogP contribution in [0.3, 0.4) is 0 Å². The summed E-state index contributed by atoms with van der Waals surface area (Å²) in [5.74, 6) is 1.56. The number of esters is 1. The Morgan fingerprint density at radius 2 is 0.857 bits per heavy atom.